The van der Waals surface area contributed by atoms with E-state index in [0.29, 0.717) is 44.2 Å². The van der Waals surface area contributed by atoms with Gasteiger partial charge in [-0.3, -0.25) is 0 Å². The number of rotatable bonds is 14. The summed E-state index contributed by atoms with van der Waals surface area (Å²) < 4.78 is 16.8. The summed E-state index contributed by atoms with van der Waals surface area (Å²) in [5.74, 6) is 0.291. The van der Waals surface area contributed by atoms with Crippen molar-refractivity contribution < 1.29 is 28.9 Å². The summed E-state index contributed by atoms with van der Waals surface area (Å²) in [6, 6.07) is 13.2. The molecule has 1 aliphatic carbocycles. The maximum atomic E-state index is 12.9. The lowest BCUT2D eigenvalue weighted by Gasteiger charge is -2.22. The van der Waals surface area contributed by atoms with E-state index >= 15 is 0 Å². The number of carboxylic acids is 1. The van der Waals surface area contributed by atoms with Gasteiger partial charge in [-0.05, 0) is 73.6 Å². The molecule has 1 N–H and O–H groups in total. The van der Waals surface area contributed by atoms with Gasteiger partial charge in [-0.15, -0.1) is 0 Å². The lowest BCUT2D eigenvalue weighted by molar-refractivity contribution is -0.149. The molecule has 1 aliphatic rings. The Balaban J connectivity index is 1.52. The van der Waals surface area contributed by atoms with Crippen LogP contribution in [0.4, 0.5) is 4.79 Å². The van der Waals surface area contributed by atoms with Crippen molar-refractivity contribution in [3.63, 3.8) is 0 Å². The molecule has 2 aromatic carbocycles. The predicted octanol–water partition coefficient (Wildman–Crippen LogP) is 5.28. The Morgan fingerprint density at radius 1 is 0.971 bits per heavy atom. The van der Waals surface area contributed by atoms with Crippen LogP contribution in [-0.2, 0) is 28.8 Å². The summed E-state index contributed by atoms with van der Waals surface area (Å²) in [6.07, 6.45) is 5.40. The van der Waals surface area contributed by atoms with E-state index in [1.165, 1.54) is 11.1 Å². The van der Waals surface area contributed by atoms with Gasteiger partial charge in [0.2, 0.25) is 0 Å². The van der Waals surface area contributed by atoms with Crippen molar-refractivity contribution in [1.82, 2.24) is 4.90 Å². The second-order valence-electron chi connectivity index (χ2n) is 8.82. The monoisotopic (exact) mass is 483 g/mol. The van der Waals surface area contributed by atoms with Gasteiger partial charge in [0, 0.05) is 19.6 Å². The van der Waals surface area contributed by atoms with Crippen LogP contribution in [0.3, 0.4) is 0 Å². The first-order valence-electron chi connectivity index (χ1n) is 12.6. The van der Waals surface area contributed by atoms with Gasteiger partial charge < -0.3 is 24.2 Å². The summed E-state index contributed by atoms with van der Waals surface area (Å²) >= 11 is 0. The Hall–Kier alpha value is -3.06. The van der Waals surface area contributed by atoms with Crippen molar-refractivity contribution in [3.8, 4) is 11.5 Å². The quantitative estimate of drug-likeness (QED) is 0.368. The van der Waals surface area contributed by atoms with Gasteiger partial charge in [-0.1, -0.05) is 38.0 Å². The molecule has 0 bridgehead atoms. The Kier molecular flexibility index (Phi) is 10.4. The third-order valence-electron chi connectivity index (χ3n) is 6.18. The fourth-order valence-corrected chi connectivity index (χ4v) is 4.25. The maximum absolute atomic E-state index is 12.9. The first kappa shape index (κ1) is 26.5. The zero-order valence-corrected chi connectivity index (χ0v) is 20.8. The summed E-state index contributed by atoms with van der Waals surface area (Å²) in [6.45, 7) is 5.63. The number of nitrogens with zero attached hydrogens (tertiary/aromatic N) is 1. The van der Waals surface area contributed by atoms with Gasteiger partial charge in [0.05, 0.1) is 6.54 Å². The minimum Gasteiger partial charge on any atom is -0.492 e. The molecule has 1 atom stereocenters. The van der Waals surface area contributed by atoms with Crippen LogP contribution in [0.5, 0.6) is 11.5 Å². The molecule has 0 spiro atoms. The Bertz CT molecular complexity index is 958. The van der Waals surface area contributed by atoms with E-state index in [-0.39, 0.29) is 6.09 Å². The molecule has 0 saturated heterocycles. The van der Waals surface area contributed by atoms with Crippen molar-refractivity contribution >= 4 is 12.1 Å². The van der Waals surface area contributed by atoms with Gasteiger partial charge in [0.1, 0.15) is 18.1 Å². The zero-order chi connectivity index (χ0) is 25.0. The van der Waals surface area contributed by atoms with Crippen LogP contribution in [0.1, 0.15) is 56.2 Å². The largest absolute Gasteiger partial charge is 0.492 e. The van der Waals surface area contributed by atoms with Crippen LogP contribution in [-0.4, -0.2) is 54.5 Å². The van der Waals surface area contributed by atoms with E-state index in [1.807, 2.05) is 36.4 Å². The van der Waals surface area contributed by atoms with E-state index in [2.05, 4.69) is 13.0 Å². The normalized spacial score (nSPS) is 13.2. The number of benzene rings is 2. The standard InChI is InChI=1S/C28H37NO6/c1-3-5-6-16-29(28(32)35-25-15-12-22-8-7-9-23(22)20-25)17-18-34-24-13-10-21(11-14-24)19-26(27(30)31)33-4-2/h10-15,20,26H,3-9,16-19H2,1-2H3,(H,30,31). The molecule has 190 valence electrons. The number of ether oxygens (including phenoxy) is 3. The molecule has 0 radical (unpaired) electrons. The molecule has 0 aliphatic heterocycles. The van der Waals surface area contributed by atoms with Crippen LogP contribution in [0.15, 0.2) is 42.5 Å². The number of hydrogen-bond acceptors (Lipinski definition) is 5. The van der Waals surface area contributed by atoms with Crippen LogP contribution in [0.2, 0.25) is 0 Å². The Morgan fingerprint density at radius 3 is 2.43 bits per heavy atom. The average molecular weight is 484 g/mol. The molecule has 0 saturated carbocycles. The number of aryl methyl sites for hydroxylation is 2. The number of hydrogen-bond donors (Lipinski definition) is 1. The van der Waals surface area contributed by atoms with Crippen molar-refractivity contribution in [2.45, 2.75) is 64.9 Å². The highest BCUT2D eigenvalue weighted by atomic mass is 16.6. The molecular formula is C28H37NO6. The van der Waals surface area contributed by atoms with Crippen LogP contribution in [0.25, 0.3) is 0 Å². The first-order valence-corrected chi connectivity index (χ1v) is 12.6. The lowest BCUT2D eigenvalue weighted by atomic mass is 10.1. The molecule has 1 unspecified atom stereocenters. The van der Waals surface area contributed by atoms with E-state index in [0.717, 1.165) is 44.1 Å². The number of fused-ring (bicyclic) bond motifs is 1. The van der Waals surface area contributed by atoms with Gasteiger partial charge in [-0.25, -0.2) is 9.59 Å². The summed E-state index contributed by atoms with van der Waals surface area (Å²) in [4.78, 5) is 25.9. The minimum absolute atomic E-state index is 0.295. The molecule has 7 nitrogen and oxygen atoms in total. The number of carbonyl (C=O) groups is 2. The smallest absolute Gasteiger partial charge is 0.415 e. The molecule has 0 heterocycles. The number of unbranched alkanes of at least 4 members (excludes halogenated alkanes) is 2. The lowest BCUT2D eigenvalue weighted by Crippen LogP contribution is -2.37. The van der Waals surface area contributed by atoms with E-state index in [1.54, 1.807) is 11.8 Å². The molecule has 0 aromatic heterocycles. The number of amides is 1. The second-order valence-corrected chi connectivity index (χ2v) is 8.82. The highest BCUT2D eigenvalue weighted by Crippen LogP contribution is 2.26. The van der Waals surface area contributed by atoms with Gasteiger partial charge >= 0.3 is 12.1 Å². The summed E-state index contributed by atoms with van der Waals surface area (Å²) in [7, 11) is 0. The van der Waals surface area contributed by atoms with Crippen molar-refractivity contribution in [3.05, 3.63) is 59.2 Å². The number of aliphatic carboxylic acids is 1. The van der Waals surface area contributed by atoms with Crippen LogP contribution < -0.4 is 9.47 Å². The number of carboxylic acid groups (broad SMARTS) is 1. The minimum atomic E-state index is -0.970. The third-order valence-corrected chi connectivity index (χ3v) is 6.18. The van der Waals surface area contributed by atoms with Gasteiger partial charge in [0.25, 0.3) is 0 Å². The van der Waals surface area contributed by atoms with Crippen molar-refractivity contribution in [2.75, 3.05) is 26.3 Å². The SMILES string of the molecule is CCCCCN(CCOc1ccc(CC(OCC)C(=O)O)cc1)C(=O)Oc1ccc2c(c1)CCC2. The average Bonchev–Trinajstić information content (AvgIpc) is 3.31. The van der Waals surface area contributed by atoms with E-state index < -0.39 is 12.1 Å². The van der Waals surface area contributed by atoms with Gasteiger partial charge in [-0.2, -0.15) is 0 Å². The fraction of sp³-hybridized carbons (Fsp3) is 0.500. The molecule has 35 heavy (non-hydrogen) atoms. The number of carbonyl (C=O) groups excluding carboxylic acids is 1. The topological polar surface area (TPSA) is 85.3 Å². The van der Waals surface area contributed by atoms with Crippen LogP contribution >= 0.6 is 0 Å². The van der Waals surface area contributed by atoms with Crippen molar-refractivity contribution in [1.29, 1.82) is 0 Å². The predicted molar refractivity (Wildman–Crippen MR) is 134 cm³/mol. The highest BCUT2D eigenvalue weighted by molar-refractivity contribution is 5.72. The van der Waals surface area contributed by atoms with Crippen molar-refractivity contribution in [2.24, 2.45) is 0 Å². The molecule has 3 rings (SSSR count). The highest BCUT2D eigenvalue weighted by Gasteiger charge is 2.19. The molecule has 1 amide bonds. The maximum Gasteiger partial charge on any atom is 0.415 e. The van der Waals surface area contributed by atoms with Gasteiger partial charge in [0.15, 0.2) is 6.10 Å². The Labute approximate surface area is 208 Å². The summed E-state index contributed by atoms with van der Waals surface area (Å²) in [5.41, 5.74) is 3.48. The molecular weight excluding hydrogens is 446 g/mol. The molecule has 2 aromatic rings. The van der Waals surface area contributed by atoms with E-state index in [4.69, 9.17) is 14.2 Å². The molecule has 7 heteroatoms. The second kappa shape index (κ2) is 13.7. The van der Waals surface area contributed by atoms with Crippen LogP contribution in [0, 0.1) is 0 Å². The van der Waals surface area contributed by atoms with E-state index in [9.17, 15) is 14.7 Å². The first-order chi connectivity index (χ1) is 17.0. The fourth-order valence-electron chi connectivity index (χ4n) is 4.25. The summed E-state index contributed by atoms with van der Waals surface area (Å²) in [5, 5.41) is 9.25. The zero-order valence-electron chi connectivity index (χ0n) is 20.8. The Morgan fingerprint density at radius 2 is 1.71 bits per heavy atom. The molecule has 0 fully saturated rings. The third kappa shape index (κ3) is 8.28.